The van der Waals surface area contributed by atoms with E-state index < -0.39 is 11.6 Å². The quantitative estimate of drug-likeness (QED) is 0.526. The third kappa shape index (κ3) is 4.92. The number of rotatable bonds is 4. The van der Waals surface area contributed by atoms with Crippen molar-refractivity contribution in [2.45, 2.75) is 6.42 Å². The molecule has 1 heterocycles. The maximum Gasteiger partial charge on any atom is 0.336 e. The zero-order chi connectivity index (χ0) is 15.8. The first-order chi connectivity index (χ1) is 10.0. The minimum Gasteiger partial charge on any atom is -0.497 e. The van der Waals surface area contributed by atoms with Crippen molar-refractivity contribution in [2.24, 2.45) is 0 Å². The van der Waals surface area contributed by atoms with Crippen molar-refractivity contribution in [2.75, 3.05) is 13.0 Å². The van der Waals surface area contributed by atoms with Gasteiger partial charge in [0.1, 0.15) is 23.5 Å². The summed E-state index contributed by atoms with van der Waals surface area (Å²) in [5.41, 5.74) is 0.644. The first-order valence-electron chi connectivity index (χ1n) is 5.84. The first-order valence-corrected chi connectivity index (χ1v) is 6.37. The first kappa shape index (κ1) is 16.7. The second kappa shape index (κ2) is 8.06. The number of fused-ring (bicyclic) bond motifs is 1. The van der Waals surface area contributed by atoms with E-state index >= 15 is 0 Å². The number of carboxylic acid groups (broad SMARTS) is 1. The molecule has 0 aliphatic heterocycles. The lowest BCUT2D eigenvalue weighted by atomic mass is 10.1. The SMILES string of the molecule is COc1ccc2c(CC=O)cc(=O)oc2c1.O=C(O)CCl. The molecule has 0 fully saturated rings. The van der Waals surface area contributed by atoms with Gasteiger partial charge < -0.3 is 19.1 Å². The smallest absolute Gasteiger partial charge is 0.336 e. The molecular formula is C14H13ClO6. The highest BCUT2D eigenvalue weighted by atomic mass is 35.5. The van der Waals surface area contributed by atoms with Crippen molar-refractivity contribution in [3.05, 3.63) is 40.2 Å². The van der Waals surface area contributed by atoms with Gasteiger partial charge in [0.15, 0.2) is 0 Å². The van der Waals surface area contributed by atoms with Crippen molar-refractivity contribution < 1.29 is 23.8 Å². The van der Waals surface area contributed by atoms with E-state index in [-0.39, 0.29) is 12.3 Å². The fourth-order valence-electron chi connectivity index (χ4n) is 1.60. The van der Waals surface area contributed by atoms with Crippen LogP contribution in [0, 0.1) is 0 Å². The lowest BCUT2D eigenvalue weighted by Gasteiger charge is -2.04. The van der Waals surface area contributed by atoms with Gasteiger partial charge in [0.2, 0.25) is 0 Å². The number of aldehydes is 1. The highest BCUT2D eigenvalue weighted by Crippen LogP contribution is 2.22. The molecule has 0 amide bonds. The van der Waals surface area contributed by atoms with Crippen LogP contribution in [0.2, 0.25) is 0 Å². The van der Waals surface area contributed by atoms with E-state index in [9.17, 15) is 14.4 Å². The molecule has 21 heavy (non-hydrogen) atoms. The van der Waals surface area contributed by atoms with Gasteiger partial charge in [0.25, 0.3) is 0 Å². The van der Waals surface area contributed by atoms with Gasteiger partial charge in [-0.05, 0) is 17.7 Å². The molecule has 0 unspecified atom stereocenters. The second-order valence-electron chi connectivity index (χ2n) is 3.85. The Morgan fingerprint density at radius 2 is 2.10 bits per heavy atom. The summed E-state index contributed by atoms with van der Waals surface area (Å²) in [6, 6.07) is 6.50. The number of carbonyl (C=O) groups is 2. The van der Waals surface area contributed by atoms with Crippen molar-refractivity contribution in [1.82, 2.24) is 0 Å². The van der Waals surface area contributed by atoms with Gasteiger partial charge in [-0.3, -0.25) is 4.79 Å². The molecule has 0 bridgehead atoms. The Hall–Kier alpha value is -2.34. The zero-order valence-electron chi connectivity index (χ0n) is 11.2. The van der Waals surface area contributed by atoms with Crippen LogP contribution in [0.25, 0.3) is 11.0 Å². The number of ether oxygens (including phenoxy) is 1. The summed E-state index contributed by atoms with van der Waals surface area (Å²) in [6.45, 7) is 0. The van der Waals surface area contributed by atoms with Crippen LogP contribution < -0.4 is 10.4 Å². The van der Waals surface area contributed by atoms with E-state index in [4.69, 9.17) is 25.9 Å². The van der Waals surface area contributed by atoms with Crippen LogP contribution in [0.1, 0.15) is 5.56 Å². The molecule has 0 saturated carbocycles. The average Bonchev–Trinajstić information content (AvgIpc) is 2.47. The molecule has 1 aromatic carbocycles. The molecule has 0 atom stereocenters. The van der Waals surface area contributed by atoms with Gasteiger partial charge in [-0.2, -0.15) is 0 Å². The molecule has 7 heteroatoms. The zero-order valence-corrected chi connectivity index (χ0v) is 11.9. The molecule has 2 rings (SSSR count). The number of hydrogen-bond donors (Lipinski definition) is 1. The van der Waals surface area contributed by atoms with Crippen LogP contribution in [0.3, 0.4) is 0 Å². The van der Waals surface area contributed by atoms with Gasteiger partial charge in [-0.1, -0.05) is 0 Å². The predicted molar refractivity (Wildman–Crippen MR) is 77.2 cm³/mol. The maximum absolute atomic E-state index is 11.3. The van der Waals surface area contributed by atoms with Crippen molar-refractivity contribution in [1.29, 1.82) is 0 Å². The normalized spacial score (nSPS) is 9.62. The number of methoxy groups -OCH3 is 1. The molecule has 2 aromatic rings. The molecular weight excluding hydrogens is 300 g/mol. The fraction of sp³-hybridized carbons (Fsp3) is 0.214. The van der Waals surface area contributed by atoms with Crippen molar-refractivity contribution >= 4 is 34.8 Å². The van der Waals surface area contributed by atoms with Crippen LogP contribution in [0.4, 0.5) is 0 Å². The fourth-order valence-corrected chi connectivity index (χ4v) is 1.60. The van der Waals surface area contributed by atoms with E-state index in [1.165, 1.54) is 13.2 Å². The highest BCUT2D eigenvalue weighted by molar-refractivity contribution is 6.26. The largest absolute Gasteiger partial charge is 0.497 e. The number of carbonyl (C=O) groups excluding carboxylic acids is 1. The summed E-state index contributed by atoms with van der Waals surface area (Å²) < 4.78 is 10.1. The Morgan fingerprint density at radius 1 is 1.43 bits per heavy atom. The van der Waals surface area contributed by atoms with Crippen LogP contribution in [0.15, 0.2) is 33.5 Å². The Balaban J connectivity index is 0.000000383. The number of hydrogen-bond acceptors (Lipinski definition) is 5. The van der Waals surface area contributed by atoms with Crippen molar-refractivity contribution in [3.63, 3.8) is 0 Å². The van der Waals surface area contributed by atoms with Crippen LogP contribution >= 0.6 is 11.6 Å². The Kier molecular flexibility index (Phi) is 6.42. The molecule has 112 valence electrons. The molecule has 0 aliphatic rings. The van der Waals surface area contributed by atoms with E-state index in [1.54, 1.807) is 18.2 Å². The van der Waals surface area contributed by atoms with E-state index in [0.29, 0.717) is 16.9 Å². The monoisotopic (exact) mass is 312 g/mol. The number of carboxylic acids is 1. The Morgan fingerprint density at radius 3 is 2.62 bits per heavy atom. The standard InChI is InChI=1S/C12H10O4.C2H3ClO2/c1-15-9-2-3-10-8(4-5-13)6-12(14)16-11(10)7-9;3-1-2(4)5/h2-3,5-7H,4H2,1H3;1H2,(H,4,5). The summed E-state index contributed by atoms with van der Waals surface area (Å²) in [7, 11) is 1.54. The molecule has 1 N–H and O–H groups in total. The highest BCUT2D eigenvalue weighted by Gasteiger charge is 2.06. The van der Waals surface area contributed by atoms with E-state index in [2.05, 4.69) is 0 Å². The lowest BCUT2D eigenvalue weighted by molar-refractivity contribution is -0.134. The summed E-state index contributed by atoms with van der Waals surface area (Å²) in [5.74, 6) is -0.675. The minimum absolute atomic E-state index is 0.203. The third-order valence-corrected chi connectivity index (χ3v) is 2.68. The number of halogens is 1. The minimum atomic E-state index is -0.980. The summed E-state index contributed by atoms with van der Waals surface area (Å²) >= 11 is 4.74. The molecule has 0 radical (unpaired) electrons. The molecule has 1 aromatic heterocycles. The van der Waals surface area contributed by atoms with Crippen LogP contribution in [-0.2, 0) is 16.0 Å². The summed E-state index contributed by atoms with van der Waals surface area (Å²) in [5, 5.41) is 8.35. The molecule has 0 aliphatic carbocycles. The Bertz CT molecular complexity index is 691. The third-order valence-electron chi connectivity index (χ3n) is 2.45. The van der Waals surface area contributed by atoms with Gasteiger partial charge in [-0.15, -0.1) is 11.6 Å². The number of benzene rings is 1. The molecule has 0 spiro atoms. The summed E-state index contributed by atoms with van der Waals surface area (Å²) in [4.78, 5) is 31.0. The number of aliphatic carboxylic acids is 1. The molecule has 6 nitrogen and oxygen atoms in total. The van der Waals surface area contributed by atoms with Gasteiger partial charge in [-0.25, -0.2) is 4.79 Å². The van der Waals surface area contributed by atoms with E-state index in [0.717, 1.165) is 11.7 Å². The Labute approximate surface area is 124 Å². The van der Waals surface area contributed by atoms with Crippen molar-refractivity contribution in [3.8, 4) is 5.75 Å². The molecule has 0 saturated heterocycles. The van der Waals surface area contributed by atoms with Gasteiger partial charge >= 0.3 is 11.6 Å². The van der Waals surface area contributed by atoms with Crippen LogP contribution in [0.5, 0.6) is 5.75 Å². The second-order valence-corrected chi connectivity index (χ2v) is 4.12. The number of alkyl halides is 1. The predicted octanol–water partition coefficient (Wildman–Crippen LogP) is 1.85. The average molecular weight is 313 g/mol. The van der Waals surface area contributed by atoms with E-state index in [1.807, 2.05) is 0 Å². The van der Waals surface area contributed by atoms with Gasteiger partial charge in [0.05, 0.1) is 7.11 Å². The lowest BCUT2D eigenvalue weighted by Crippen LogP contribution is -2.01. The maximum atomic E-state index is 11.3. The summed E-state index contributed by atoms with van der Waals surface area (Å²) in [6.07, 6.45) is 0.965. The van der Waals surface area contributed by atoms with Crippen LogP contribution in [-0.4, -0.2) is 30.4 Å². The topological polar surface area (TPSA) is 93.8 Å². The van der Waals surface area contributed by atoms with Gasteiger partial charge in [0, 0.05) is 23.9 Å².